The second-order valence-electron chi connectivity index (χ2n) is 4.59. The third-order valence-electron chi connectivity index (χ3n) is 2.23. The number of nitrogens with zero attached hydrogens (tertiary/aromatic N) is 2. The molecule has 3 heteroatoms. The van der Waals surface area contributed by atoms with Gasteiger partial charge in [-0.05, 0) is 26.0 Å². The summed E-state index contributed by atoms with van der Waals surface area (Å²) >= 11 is 0. The summed E-state index contributed by atoms with van der Waals surface area (Å²) in [4.78, 5) is 2.02. The van der Waals surface area contributed by atoms with Gasteiger partial charge in [0.05, 0.1) is 12.5 Å². The first-order valence-corrected chi connectivity index (χ1v) is 5.28. The topological polar surface area (TPSA) is 36.3 Å². The number of benzene rings is 1. The highest BCUT2D eigenvalue weighted by atomic mass is 16.5. The average molecular weight is 218 g/mol. The molecule has 1 aromatic rings. The first-order chi connectivity index (χ1) is 7.44. The van der Waals surface area contributed by atoms with E-state index in [1.165, 1.54) is 0 Å². The smallest absolute Gasteiger partial charge is 0.122 e. The first kappa shape index (κ1) is 12.4. The van der Waals surface area contributed by atoms with Crippen molar-refractivity contribution >= 4 is 5.69 Å². The normalized spacial score (nSPS) is 10.7. The Morgan fingerprint density at radius 3 is 2.62 bits per heavy atom. The molecule has 0 saturated heterocycles. The van der Waals surface area contributed by atoms with Crippen molar-refractivity contribution in [3.8, 4) is 11.8 Å². The third kappa shape index (κ3) is 3.47. The molecule has 0 aliphatic heterocycles. The summed E-state index contributed by atoms with van der Waals surface area (Å²) < 4.78 is 5.78. The maximum absolute atomic E-state index is 8.68. The Hall–Kier alpha value is -1.69. The van der Waals surface area contributed by atoms with Crippen LogP contribution in [0.4, 0.5) is 5.69 Å². The van der Waals surface area contributed by atoms with Crippen molar-refractivity contribution < 1.29 is 4.74 Å². The average Bonchev–Trinajstić information content (AvgIpc) is 2.17. The van der Waals surface area contributed by atoms with Crippen molar-refractivity contribution in [3.63, 3.8) is 0 Å². The van der Waals surface area contributed by atoms with Gasteiger partial charge in [0.1, 0.15) is 11.4 Å². The zero-order chi connectivity index (χ0) is 12.2. The lowest BCUT2D eigenvalue weighted by Gasteiger charge is -2.24. The molecular weight excluding hydrogens is 200 g/mol. The molecule has 0 N–H and O–H groups in total. The molecule has 3 nitrogen and oxygen atoms in total. The van der Waals surface area contributed by atoms with Crippen molar-refractivity contribution in [1.82, 2.24) is 0 Å². The number of rotatable bonds is 4. The molecule has 0 aliphatic carbocycles. The summed E-state index contributed by atoms with van der Waals surface area (Å²) in [6, 6.07) is 9.98. The van der Waals surface area contributed by atoms with Crippen LogP contribution in [0.5, 0.6) is 5.75 Å². The Kier molecular flexibility index (Phi) is 3.78. The van der Waals surface area contributed by atoms with E-state index in [-0.39, 0.29) is 0 Å². The van der Waals surface area contributed by atoms with Crippen LogP contribution in [-0.2, 0) is 0 Å². The van der Waals surface area contributed by atoms with Crippen molar-refractivity contribution in [1.29, 1.82) is 5.26 Å². The Bertz CT molecular complexity index is 391. The van der Waals surface area contributed by atoms with E-state index < -0.39 is 5.60 Å². The molecule has 86 valence electrons. The molecule has 1 aromatic carbocycles. The van der Waals surface area contributed by atoms with Crippen LogP contribution in [0.25, 0.3) is 0 Å². The highest BCUT2D eigenvalue weighted by molar-refractivity contribution is 5.49. The van der Waals surface area contributed by atoms with Crippen LogP contribution in [0.15, 0.2) is 24.3 Å². The molecule has 0 aromatic heterocycles. The van der Waals surface area contributed by atoms with Gasteiger partial charge in [-0.1, -0.05) is 6.07 Å². The van der Waals surface area contributed by atoms with E-state index in [4.69, 9.17) is 10.00 Å². The third-order valence-corrected chi connectivity index (χ3v) is 2.23. The van der Waals surface area contributed by atoms with Gasteiger partial charge < -0.3 is 9.64 Å². The van der Waals surface area contributed by atoms with E-state index in [9.17, 15) is 0 Å². The molecule has 0 bridgehead atoms. The fourth-order valence-electron chi connectivity index (χ4n) is 1.37. The zero-order valence-electron chi connectivity index (χ0n) is 10.3. The molecule has 16 heavy (non-hydrogen) atoms. The van der Waals surface area contributed by atoms with E-state index in [2.05, 4.69) is 6.07 Å². The molecule has 0 atom stereocenters. The van der Waals surface area contributed by atoms with Gasteiger partial charge in [-0.25, -0.2) is 0 Å². The van der Waals surface area contributed by atoms with Crippen LogP contribution in [0.3, 0.4) is 0 Å². The van der Waals surface area contributed by atoms with Gasteiger partial charge in [-0.15, -0.1) is 0 Å². The van der Waals surface area contributed by atoms with Gasteiger partial charge in [0.2, 0.25) is 0 Å². The summed E-state index contributed by atoms with van der Waals surface area (Å²) in [5.41, 5.74) is 0.643. The zero-order valence-corrected chi connectivity index (χ0v) is 10.3. The van der Waals surface area contributed by atoms with Gasteiger partial charge in [-0.3, -0.25) is 0 Å². The van der Waals surface area contributed by atoms with E-state index >= 15 is 0 Å². The minimum atomic E-state index is -0.445. The Labute approximate surface area is 97.3 Å². The van der Waals surface area contributed by atoms with E-state index in [0.29, 0.717) is 6.42 Å². The van der Waals surface area contributed by atoms with Gasteiger partial charge in [0.25, 0.3) is 0 Å². The Morgan fingerprint density at radius 1 is 1.38 bits per heavy atom. The summed E-state index contributed by atoms with van der Waals surface area (Å²) in [6.07, 6.45) is 0.374. The fourth-order valence-corrected chi connectivity index (χ4v) is 1.37. The summed E-state index contributed by atoms with van der Waals surface area (Å²) in [7, 11) is 3.97. The molecule has 0 amide bonds. The molecule has 0 spiro atoms. The van der Waals surface area contributed by atoms with Crippen molar-refractivity contribution in [3.05, 3.63) is 24.3 Å². The van der Waals surface area contributed by atoms with E-state index in [1.807, 2.05) is 57.1 Å². The van der Waals surface area contributed by atoms with Crippen molar-refractivity contribution in [2.45, 2.75) is 25.9 Å². The predicted octanol–water partition coefficient (Wildman–Crippen LogP) is 2.82. The monoisotopic (exact) mass is 218 g/mol. The highest BCUT2D eigenvalue weighted by Gasteiger charge is 2.19. The molecule has 0 saturated carbocycles. The van der Waals surface area contributed by atoms with Gasteiger partial charge in [-0.2, -0.15) is 5.26 Å². The first-order valence-electron chi connectivity index (χ1n) is 5.28. The van der Waals surface area contributed by atoms with Crippen LogP contribution in [-0.4, -0.2) is 19.7 Å². The molecule has 0 fully saturated rings. The van der Waals surface area contributed by atoms with Crippen LogP contribution in [0, 0.1) is 11.3 Å². The Balaban J connectivity index is 2.82. The molecule has 0 heterocycles. The lowest BCUT2D eigenvalue weighted by Crippen LogP contribution is -2.27. The minimum Gasteiger partial charge on any atom is -0.487 e. The quantitative estimate of drug-likeness (QED) is 0.779. The Morgan fingerprint density at radius 2 is 2.06 bits per heavy atom. The summed E-state index contributed by atoms with van der Waals surface area (Å²) in [5.74, 6) is 0.798. The fraction of sp³-hybridized carbons (Fsp3) is 0.462. The molecule has 0 radical (unpaired) electrons. The van der Waals surface area contributed by atoms with Crippen molar-refractivity contribution in [2.24, 2.45) is 0 Å². The maximum Gasteiger partial charge on any atom is 0.122 e. The molecule has 1 rings (SSSR count). The number of ether oxygens (including phenoxy) is 1. The molecule has 0 aliphatic rings. The second kappa shape index (κ2) is 4.89. The highest BCUT2D eigenvalue weighted by Crippen LogP contribution is 2.24. The lowest BCUT2D eigenvalue weighted by molar-refractivity contribution is 0.115. The maximum atomic E-state index is 8.68. The second-order valence-corrected chi connectivity index (χ2v) is 4.59. The molecule has 0 unspecified atom stereocenters. The number of hydrogen-bond donors (Lipinski definition) is 0. The standard InChI is InChI=1S/C13H18N2O/c1-13(2,8-9-14)16-12-7-5-6-11(10-12)15(3)4/h5-7,10H,8H2,1-4H3. The molecular formula is C13H18N2O. The number of nitriles is 1. The van der Waals surface area contributed by atoms with E-state index in [0.717, 1.165) is 11.4 Å². The largest absolute Gasteiger partial charge is 0.487 e. The van der Waals surface area contributed by atoms with Crippen LogP contribution < -0.4 is 9.64 Å². The van der Waals surface area contributed by atoms with Crippen LogP contribution in [0.2, 0.25) is 0 Å². The number of anilines is 1. The van der Waals surface area contributed by atoms with Crippen LogP contribution in [0.1, 0.15) is 20.3 Å². The van der Waals surface area contributed by atoms with Gasteiger partial charge in [0.15, 0.2) is 0 Å². The minimum absolute atomic E-state index is 0.374. The van der Waals surface area contributed by atoms with Crippen molar-refractivity contribution in [2.75, 3.05) is 19.0 Å². The summed E-state index contributed by atoms with van der Waals surface area (Å²) in [6.45, 7) is 3.83. The predicted molar refractivity (Wildman–Crippen MR) is 65.7 cm³/mol. The number of hydrogen-bond acceptors (Lipinski definition) is 3. The lowest BCUT2D eigenvalue weighted by atomic mass is 10.1. The summed E-state index contributed by atoms with van der Waals surface area (Å²) in [5, 5.41) is 8.68. The van der Waals surface area contributed by atoms with Gasteiger partial charge >= 0.3 is 0 Å². The SMILES string of the molecule is CN(C)c1cccc(OC(C)(C)CC#N)c1. The van der Waals surface area contributed by atoms with Gasteiger partial charge in [0, 0.05) is 25.8 Å². The van der Waals surface area contributed by atoms with E-state index in [1.54, 1.807) is 0 Å². The van der Waals surface area contributed by atoms with Crippen LogP contribution >= 0.6 is 0 Å².